The maximum absolute atomic E-state index is 13.0. The molecule has 0 saturated heterocycles. The van der Waals surface area contributed by atoms with Crippen molar-refractivity contribution >= 4 is 23.5 Å². The molecule has 0 radical (unpaired) electrons. The Morgan fingerprint density at radius 3 is 2.15 bits per heavy atom. The number of amides is 1. The number of rotatable bonds is 5. The van der Waals surface area contributed by atoms with E-state index in [1.165, 1.54) is 50.8 Å². The van der Waals surface area contributed by atoms with Gasteiger partial charge in [0.1, 0.15) is 5.15 Å². The molecule has 26 heavy (non-hydrogen) atoms. The third-order valence-corrected chi connectivity index (χ3v) is 5.72. The summed E-state index contributed by atoms with van der Waals surface area (Å²) in [6, 6.07) is 3.59. The number of nitrogens with zero attached hydrogens (tertiary/aromatic N) is 2. The molecule has 0 bridgehead atoms. The zero-order valence-electron chi connectivity index (χ0n) is 15.2. The van der Waals surface area contributed by atoms with Gasteiger partial charge in [0, 0.05) is 18.3 Å². The summed E-state index contributed by atoms with van der Waals surface area (Å²) in [4.78, 5) is 31.1. The highest BCUT2D eigenvalue weighted by Gasteiger charge is 2.32. The quantitative estimate of drug-likeness (QED) is 0.563. The standard InChI is InChI=1S/C20H27ClN2O3/c21-18-13-15(11-12-22-18)20(25)26-14-19(24)23(16-7-3-1-4-8-16)17-9-5-2-6-10-17/h11-13,16-17H,1-10,14H2. The number of carbonyl (C=O) groups is 2. The number of esters is 1. The van der Waals surface area contributed by atoms with Crippen molar-refractivity contribution in [2.45, 2.75) is 76.3 Å². The molecular formula is C20H27ClN2O3. The molecule has 2 aliphatic carbocycles. The predicted molar refractivity (Wildman–Crippen MR) is 100 cm³/mol. The highest BCUT2D eigenvalue weighted by molar-refractivity contribution is 6.29. The lowest BCUT2D eigenvalue weighted by molar-refractivity contribution is -0.141. The van der Waals surface area contributed by atoms with Gasteiger partial charge in [-0.05, 0) is 37.8 Å². The molecular weight excluding hydrogens is 352 g/mol. The lowest BCUT2D eigenvalue weighted by Crippen LogP contribution is -2.50. The fraction of sp³-hybridized carbons (Fsp3) is 0.650. The minimum atomic E-state index is -0.533. The van der Waals surface area contributed by atoms with Gasteiger partial charge in [-0.25, -0.2) is 9.78 Å². The number of carbonyl (C=O) groups excluding carboxylic acids is 2. The first-order chi connectivity index (χ1) is 12.6. The van der Waals surface area contributed by atoms with Crippen LogP contribution in [0.25, 0.3) is 0 Å². The van der Waals surface area contributed by atoms with Crippen molar-refractivity contribution in [2.24, 2.45) is 0 Å². The van der Waals surface area contributed by atoms with Gasteiger partial charge < -0.3 is 9.64 Å². The third-order valence-electron chi connectivity index (χ3n) is 5.51. The van der Waals surface area contributed by atoms with Crippen LogP contribution in [-0.4, -0.2) is 40.5 Å². The first kappa shape index (κ1) is 19.2. The molecule has 0 N–H and O–H groups in total. The maximum atomic E-state index is 13.0. The number of hydrogen-bond acceptors (Lipinski definition) is 4. The molecule has 1 aromatic rings. The minimum absolute atomic E-state index is 0.0581. The van der Waals surface area contributed by atoms with Gasteiger partial charge in [-0.1, -0.05) is 50.1 Å². The molecule has 0 atom stereocenters. The van der Waals surface area contributed by atoms with Crippen molar-refractivity contribution in [3.8, 4) is 0 Å². The van der Waals surface area contributed by atoms with Crippen LogP contribution in [0.5, 0.6) is 0 Å². The van der Waals surface area contributed by atoms with Crippen LogP contribution in [0.3, 0.4) is 0 Å². The molecule has 1 heterocycles. The number of hydrogen-bond donors (Lipinski definition) is 0. The van der Waals surface area contributed by atoms with Crippen LogP contribution in [0.15, 0.2) is 18.3 Å². The van der Waals surface area contributed by atoms with E-state index in [4.69, 9.17) is 16.3 Å². The second-order valence-corrected chi connectivity index (χ2v) is 7.72. The summed E-state index contributed by atoms with van der Waals surface area (Å²) in [6.45, 7) is -0.203. The fourth-order valence-electron chi connectivity index (χ4n) is 4.24. The van der Waals surface area contributed by atoms with Crippen molar-refractivity contribution in [1.82, 2.24) is 9.88 Å². The van der Waals surface area contributed by atoms with E-state index < -0.39 is 5.97 Å². The van der Waals surface area contributed by atoms with Crippen LogP contribution in [0.4, 0.5) is 0 Å². The molecule has 0 unspecified atom stereocenters. The van der Waals surface area contributed by atoms with Gasteiger partial charge in [-0.2, -0.15) is 0 Å². The summed E-state index contributed by atoms with van der Waals surface area (Å²) >= 11 is 5.81. The molecule has 2 saturated carbocycles. The van der Waals surface area contributed by atoms with E-state index in [2.05, 4.69) is 9.88 Å². The molecule has 142 valence electrons. The summed E-state index contributed by atoms with van der Waals surface area (Å²) in [6.07, 6.45) is 12.9. The van der Waals surface area contributed by atoms with Crippen LogP contribution in [0, 0.1) is 0 Å². The Morgan fingerprint density at radius 2 is 1.62 bits per heavy atom. The Bertz CT molecular complexity index is 607. The van der Waals surface area contributed by atoms with Gasteiger partial charge in [-0.3, -0.25) is 4.79 Å². The Kier molecular flexibility index (Phi) is 6.89. The largest absolute Gasteiger partial charge is 0.452 e. The SMILES string of the molecule is O=C(OCC(=O)N(C1CCCCC1)C1CCCCC1)c1ccnc(Cl)c1. The topological polar surface area (TPSA) is 59.5 Å². The molecule has 1 aromatic heterocycles. The van der Waals surface area contributed by atoms with E-state index in [0.717, 1.165) is 25.7 Å². The van der Waals surface area contributed by atoms with Gasteiger partial charge >= 0.3 is 5.97 Å². The highest BCUT2D eigenvalue weighted by atomic mass is 35.5. The smallest absolute Gasteiger partial charge is 0.338 e. The van der Waals surface area contributed by atoms with Crippen LogP contribution < -0.4 is 0 Å². The first-order valence-corrected chi connectivity index (χ1v) is 10.1. The van der Waals surface area contributed by atoms with Crippen molar-refractivity contribution in [2.75, 3.05) is 6.61 Å². The normalized spacial score (nSPS) is 19.1. The number of aromatic nitrogens is 1. The van der Waals surface area contributed by atoms with Crippen molar-refractivity contribution in [3.63, 3.8) is 0 Å². The zero-order chi connectivity index (χ0) is 18.4. The summed E-state index contributed by atoms with van der Waals surface area (Å²) in [5, 5.41) is 0.233. The minimum Gasteiger partial charge on any atom is -0.452 e. The molecule has 0 aliphatic heterocycles. The molecule has 2 aliphatic rings. The molecule has 5 nitrogen and oxygen atoms in total. The summed E-state index contributed by atoms with van der Waals surface area (Å²) < 4.78 is 5.29. The van der Waals surface area contributed by atoms with Crippen molar-refractivity contribution in [1.29, 1.82) is 0 Å². The fourth-order valence-corrected chi connectivity index (χ4v) is 4.41. The van der Waals surface area contributed by atoms with Gasteiger partial charge in [0.05, 0.1) is 5.56 Å². The molecule has 3 rings (SSSR count). The van der Waals surface area contributed by atoms with Crippen LogP contribution in [0.1, 0.15) is 74.6 Å². The lowest BCUT2D eigenvalue weighted by Gasteiger charge is -2.41. The third kappa shape index (κ3) is 4.97. The summed E-state index contributed by atoms with van der Waals surface area (Å²) in [5.41, 5.74) is 0.319. The Labute approximate surface area is 160 Å². The number of pyridine rings is 1. The van der Waals surface area contributed by atoms with E-state index in [-0.39, 0.29) is 17.7 Å². The van der Waals surface area contributed by atoms with Crippen LogP contribution in [-0.2, 0) is 9.53 Å². The first-order valence-electron chi connectivity index (χ1n) is 9.75. The van der Waals surface area contributed by atoms with E-state index in [1.54, 1.807) is 6.07 Å². The lowest BCUT2D eigenvalue weighted by atomic mass is 9.88. The molecule has 2 fully saturated rings. The van der Waals surface area contributed by atoms with Crippen LogP contribution in [0.2, 0.25) is 5.15 Å². The average Bonchev–Trinajstić information content (AvgIpc) is 2.68. The molecule has 0 aromatic carbocycles. The molecule has 0 spiro atoms. The van der Waals surface area contributed by atoms with E-state index in [1.807, 2.05) is 0 Å². The van der Waals surface area contributed by atoms with Crippen molar-refractivity contribution < 1.29 is 14.3 Å². The Morgan fingerprint density at radius 1 is 1.04 bits per heavy atom. The predicted octanol–water partition coefficient (Wildman–Crippen LogP) is 4.39. The number of ether oxygens (including phenoxy) is 1. The monoisotopic (exact) mass is 378 g/mol. The zero-order valence-corrected chi connectivity index (χ0v) is 15.9. The van der Waals surface area contributed by atoms with Crippen molar-refractivity contribution in [3.05, 3.63) is 29.0 Å². The van der Waals surface area contributed by atoms with E-state index >= 15 is 0 Å². The van der Waals surface area contributed by atoms with Gasteiger partial charge in [0.15, 0.2) is 6.61 Å². The number of halogens is 1. The van der Waals surface area contributed by atoms with E-state index in [0.29, 0.717) is 17.6 Å². The maximum Gasteiger partial charge on any atom is 0.338 e. The second-order valence-electron chi connectivity index (χ2n) is 7.33. The summed E-state index contributed by atoms with van der Waals surface area (Å²) in [5.74, 6) is -0.591. The highest BCUT2D eigenvalue weighted by Crippen LogP contribution is 2.30. The Balaban J connectivity index is 1.63. The average molecular weight is 379 g/mol. The molecule has 6 heteroatoms. The van der Waals surface area contributed by atoms with Gasteiger partial charge in [0.2, 0.25) is 0 Å². The summed E-state index contributed by atoms with van der Waals surface area (Å²) in [7, 11) is 0. The second kappa shape index (κ2) is 9.36. The molecule has 1 amide bonds. The van der Waals surface area contributed by atoms with Gasteiger partial charge in [0.25, 0.3) is 5.91 Å². The Hall–Kier alpha value is -1.62. The van der Waals surface area contributed by atoms with Crippen LogP contribution >= 0.6 is 11.6 Å². The van der Waals surface area contributed by atoms with E-state index in [9.17, 15) is 9.59 Å². The van der Waals surface area contributed by atoms with Gasteiger partial charge in [-0.15, -0.1) is 0 Å².